The van der Waals surface area contributed by atoms with E-state index in [0.717, 1.165) is 18.7 Å². The topological polar surface area (TPSA) is 58.4 Å². The number of nitrogens with two attached hydrogens (primary N) is 1. The number of hydrogen-bond acceptors (Lipinski definition) is 3. The number of anilines is 2. The van der Waals surface area contributed by atoms with E-state index in [1.165, 1.54) is 25.7 Å². The van der Waals surface area contributed by atoms with E-state index in [1.54, 1.807) is 13.1 Å². The lowest BCUT2D eigenvalue weighted by molar-refractivity contribution is 0.0963. The third-order valence-corrected chi connectivity index (χ3v) is 4.17. The molecule has 1 heterocycles. The standard InChI is InChI=1S/C16H25N3O/c1-3-13-7-5-4-6-10-19(13)15-9-8-12(11-14(15)17)16(20)18-2/h8-9,11,13H,3-7,10,17H2,1-2H3,(H,18,20). The van der Waals surface area contributed by atoms with Gasteiger partial charge in [0.2, 0.25) is 0 Å². The van der Waals surface area contributed by atoms with Crippen LogP contribution in [0.5, 0.6) is 0 Å². The molecule has 1 aliphatic heterocycles. The molecule has 0 aromatic heterocycles. The van der Waals surface area contributed by atoms with Gasteiger partial charge in [-0.25, -0.2) is 0 Å². The monoisotopic (exact) mass is 275 g/mol. The van der Waals surface area contributed by atoms with Crippen molar-refractivity contribution in [2.45, 2.75) is 45.1 Å². The number of amides is 1. The Morgan fingerprint density at radius 3 is 2.85 bits per heavy atom. The lowest BCUT2D eigenvalue weighted by Crippen LogP contribution is -2.35. The summed E-state index contributed by atoms with van der Waals surface area (Å²) in [4.78, 5) is 14.1. The highest BCUT2D eigenvalue weighted by molar-refractivity contribution is 5.96. The van der Waals surface area contributed by atoms with E-state index in [0.29, 0.717) is 17.3 Å². The summed E-state index contributed by atoms with van der Waals surface area (Å²) in [7, 11) is 1.63. The molecule has 4 heteroatoms. The Bertz CT molecular complexity index is 473. The van der Waals surface area contributed by atoms with E-state index in [2.05, 4.69) is 17.1 Å². The van der Waals surface area contributed by atoms with Gasteiger partial charge in [-0.2, -0.15) is 0 Å². The number of benzene rings is 1. The zero-order valence-corrected chi connectivity index (χ0v) is 12.5. The maximum Gasteiger partial charge on any atom is 0.251 e. The summed E-state index contributed by atoms with van der Waals surface area (Å²) in [6, 6.07) is 6.20. The quantitative estimate of drug-likeness (QED) is 0.834. The number of rotatable bonds is 3. The molecule has 1 aromatic rings. The highest BCUT2D eigenvalue weighted by Crippen LogP contribution is 2.31. The number of nitrogen functional groups attached to an aromatic ring is 1. The van der Waals surface area contributed by atoms with E-state index < -0.39 is 0 Å². The van der Waals surface area contributed by atoms with E-state index in [-0.39, 0.29) is 5.91 Å². The van der Waals surface area contributed by atoms with E-state index in [4.69, 9.17) is 5.73 Å². The second-order valence-electron chi connectivity index (χ2n) is 5.46. The van der Waals surface area contributed by atoms with Gasteiger partial charge in [-0.1, -0.05) is 19.8 Å². The normalized spacial score (nSPS) is 19.5. The number of nitrogens with zero attached hydrogens (tertiary/aromatic N) is 1. The van der Waals surface area contributed by atoms with Gasteiger partial charge in [-0.15, -0.1) is 0 Å². The SMILES string of the molecule is CCC1CCCCCN1c1ccc(C(=O)NC)cc1N. The minimum Gasteiger partial charge on any atom is -0.397 e. The second kappa shape index (κ2) is 6.64. The summed E-state index contributed by atoms with van der Waals surface area (Å²) in [5.41, 5.74) is 8.59. The van der Waals surface area contributed by atoms with Crippen LogP contribution in [-0.4, -0.2) is 25.5 Å². The van der Waals surface area contributed by atoms with Gasteiger partial charge < -0.3 is 16.0 Å². The van der Waals surface area contributed by atoms with Crippen molar-refractivity contribution in [3.05, 3.63) is 23.8 Å². The largest absolute Gasteiger partial charge is 0.397 e. The first-order valence-corrected chi connectivity index (χ1v) is 7.55. The van der Waals surface area contributed by atoms with Crippen LogP contribution >= 0.6 is 0 Å². The van der Waals surface area contributed by atoms with Crippen LogP contribution in [0.4, 0.5) is 11.4 Å². The van der Waals surface area contributed by atoms with Crippen molar-refractivity contribution in [1.82, 2.24) is 5.32 Å². The van der Waals surface area contributed by atoms with Gasteiger partial charge in [-0.05, 0) is 37.5 Å². The average Bonchev–Trinajstić information content (AvgIpc) is 2.71. The fourth-order valence-electron chi connectivity index (χ4n) is 3.02. The van der Waals surface area contributed by atoms with Crippen LogP contribution in [-0.2, 0) is 0 Å². The molecule has 3 N–H and O–H groups in total. The predicted octanol–water partition coefficient (Wildman–Crippen LogP) is 2.79. The molecule has 1 atom stereocenters. The van der Waals surface area contributed by atoms with E-state index in [1.807, 2.05) is 12.1 Å². The summed E-state index contributed by atoms with van der Waals surface area (Å²) >= 11 is 0. The summed E-state index contributed by atoms with van der Waals surface area (Å²) in [6.07, 6.45) is 6.17. The van der Waals surface area contributed by atoms with Gasteiger partial charge in [0.25, 0.3) is 5.91 Å². The summed E-state index contributed by atoms with van der Waals surface area (Å²) in [6.45, 7) is 3.29. The van der Waals surface area contributed by atoms with Crippen LogP contribution in [0, 0.1) is 0 Å². The molecule has 1 saturated heterocycles. The third kappa shape index (κ3) is 3.06. The molecular formula is C16H25N3O. The molecule has 1 unspecified atom stereocenters. The molecular weight excluding hydrogens is 250 g/mol. The van der Waals surface area contributed by atoms with Crippen LogP contribution in [0.15, 0.2) is 18.2 Å². The molecule has 110 valence electrons. The lowest BCUT2D eigenvalue weighted by Gasteiger charge is -2.32. The average molecular weight is 275 g/mol. The summed E-state index contributed by atoms with van der Waals surface area (Å²) in [5.74, 6) is -0.0915. The van der Waals surface area contributed by atoms with Gasteiger partial charge in [-0.3, -0.25) is 4.79 Å². The molecule has 0 bridgehead atoms. The zero-order valence-electron chi connectivity index (χ0n) is 12.5. The van der Waals surface area contributed by atoms with Gasteiger partial charge in [0.05, 0.1) is 11.4 Å². The number of carbonyl (C=O) groups excluding carboxylic acids is 1. The Morgan fingerprint density at radius 1 is 1.40 bits per heavy atom. The number of carbonyl (C=O) groups is 1. The Morgan fingerprint density at radius 2 is 2.20 bits per heavy atom. The first kappa shape index (κ1) is 14.7. The van der Waals surface area contributed by atoms with Crippen LogP contribution < -0.4 is 16.0 Å². The minimum atomic E-state index is -0.0915. The van der Waals surface area contributed by atoms with Crippen LogP contribution in [0.1, 0.15) is 49.4 Å². The Kier molecular flexibility index (Phi) is 4.88. The fourth-order valence-corrected chi connectivity index (χ4v) is 3.02. The van der Waals surface area contributed by atoms with Gasteiger partial charge in [0.1, 0.15) is 0 Å². The van der Waals surface area contributed by atoms with Crippen molar-refractivity contribution in [2.24, 2.45) is 0 Å². The highest BCUT2D eigenvalue weighted by Gasteiger charge is 2.21. The third-order valence-electron chi connectivity index (χ3n) is 4.17. The summed E-state index contributed by atoms with van der Waals surface area (Å²) in [5, 5.41) is 2.63. The van der Waals surface area contributed by atoms with Gasteiger partial charge in [0, 0.05) is 25.2 Å². The molecule has 1 fully saturated rings. The minimum absolute atomic E-state index is 0.0915. The first-order valence-electron chi connectivity index (χ1n) is 7.55. The zero-order chi connectivity index (χ0) is 14.5. The molecule has 0 saturated carbocycles. The smallest absolute Gasteiger partial charge is 0.251 e. The first-order chi connectivity index (χ1) is 9.67. The van der Waals surface area contributed by atoms with Crippen molar-refractivity contribution in [3.63, 3.8) is 0 Å². The maximum absolute atomic E-state index is 11.6. The molecule has 1 aliphatic rings. The van der Waals surface area contributed by atoms with Crippen molar-refractivity contribution in [3.8, 4) is 0 Å². The maximum atomic E-state index is 11.6. The van der Waals surface area contributed by atoms with Crippen LogP contribution in [0.3, 0.4) is 0 Å². The van der Waals surface area contributed by atoms with Gasteiger partial charge in [0.15, 0.2) is 0 Å². The van der Waals surface area contributed by atoms with Crippen molar-refractivity contribution in [1.29, 1.82) is 0 Å². The molecule has 2 rings (SSSR count). The Hall–Kier alpha value is -1.71. The number of nitrogens with one attached hydrogen (secondary N) is 1. The van der Waals surface area contributed by atoms with Crippen molar-refractivity contribution < 1.29 is 4.79 Å². The molecule has 1 aromatic carbocycles. The van der Waals surface area contributed by atoms with Crippen LogP contribution in [0.25, 0.3) is 0 Å². The molecule has 4 nitrogen and oxygen atoms in total. The lowest BCUT2D eigenvalue weighted by atomic mass is 10.1. The summed E-state index contributed by atoms with van der Waals surface area (Å²) < 4.78 is 0. The fraction of sp³-hybridized carbons (Fsp3) is 0.562. The molecule has 0 radical (unpaired) electrons. The Balaban J connectivity index is 2.28. The highest BCUT2D eigenvalue weighted by atomic mass is 16.1. The predicted molar refractivity (Wildman–Crippen MR) is 84.1 cm³/mol. The molecule has 1 amide bonds. The van der Waals surface area contributed by atoms with Gasteiger partial charge >= 0.3 is 0 Å². The molecule has 0 aliphatic carbocycles. The van der Waals surface area contributed by atoms with Crippen molar-refractivity contribution >= 4 is 17.3 Å². The van der Waals surface area contributed by atoms with E-state index in [9.17, 15) is 4.79 Å². The van der Waals surface area contributed by atoms with Crippen LogP contribution in [0.2, 0.25) is 0 Å². The molecule has 20 heavy (non-hydrogen) atoms. The number of hydrogen-bond donors (Lipinski definition) is 2. The second-order valence-corrected chi connectivity index (χ2v) is 5.46. The van der Waals surface area contributed by atoms with Crippen molar-refractivity contribution in [2.75, 3.05) is 24.2 Å². The Labute approximate surface area is 121 Å². The molecule has 0 spiro atoms. The van der Waals surface area contributed by atoms with E-state index >= 15 is 0 Å².